The van der Waals surface area contributed by atoms with Gasteiger partial charge in [-0.15, -0.1) is 0 Å². The maximum Gasteiger partial charge on any atom is 0.404 e. The van der Waals surface area contributed by atoms with Crippen molar-refractivity contribution in [3.8, 4) is 0 Å². The highest BCUT2D eigenvalue weighted by atomic mass is 16.6. The molecule has 0 radical (unpaired) electrons. The zero-order valence-electron chi connectivity index (χ0n) is 15.8. The van der Waals surface area contributed by atoms with Crippen molar-refractivity contribution in [3.05, 3.63) is 35.4 Å². The molecule has 3 N–H and O–H groups in total. The number of aryl methyl sites for hydroxylation is 2. The van der Waals surface area contributed by atoms with E-state index < -0.39 is 6.09 Å². The number of benzene rings is 1. The SMILES string of the molecule is CC.CCCCc1ccccc1C.COCO.O=C(O)NC1CC1. The molecular formula is C19H35NO4. The number of methoxy groups -OCH3 is 1. The van der Waals surface area contributed by atoms with E-state index in [-0.39, 0.29) is 12.8 Å². The van der Waals surface area contributed by atoms with Gasteiger partial charge >= 0.3 is 6.09 Å². The lowest BCUT2D eigenvalue weighted by molar-refractivity contribution is 0.0325. The molecule has 1 aliphatic rings. The van der Waals surface area contributed by atoms with Crippen molar-refractivity contribution in [2.75, 3.05) is 13.9 Å². The van der Waals surface area contributed by atoms with E-state index in [4.69, 9.17) is 10.2 Å². The van der Waals surface area contributed by atoms with Crippen molar-refractivity contribution in [2.24, 2.45) is 0 Å². The Kier molecular flexibility index (Phi) is 18.2. The second-order valence-corrected chi connectivity index (χ2v) is 5.17. The Morgan fingerprint density at radius 1 is 1.29 bits per heavy atom. The highest BCUT2D eigenvalue weighted by Gasteiger charge is 2.22. The van der Waals surface area contributed by atoms with Crippen LogP contribution in [0.2, 0.25) is 0 Å². The van der Waals surface area contributed by atoms with Crippen LogP contribution < -0.4 is 5.32 Å². The number of amides is 1. The molecule has 0 spiro atoms. The number of carbonyl (C=O) groups is 1. The molecule has 1 fully saturated rings. The van der Waals surface area contributed by atoms with Crippen LogP contribution in [-0.2, 0) is 11.2 Å². The van der Waals surface area contributed by atoms with E-state index in [1.54, 1.807) is 0 Å². The molecule has 0 saturated heterocycles. The summed E-state index contributed by atoms with van der Waals surface area (Å²) in [5, 5.41) is 18.0. The first-order valence-corrected chi connectivity index (χ1v) is 8.68. The highest BCUT2D eigenvalue weighted by molar-refractivity contribution is 5.65. The van der Waals surface area contributed by atoms with Crippen LogP contribution in [0.15, 0.2) is 24.3 Å². The van der Waals surface area contributed by atoms with Crippen molar-refractivity contribution in [3.63, 3.8) is 0 Å². The summed E-state index contributed by atoms with van der Waals surface area (Å²) < 4.78 is 4.10. The van der Waals surface area contributed by atoms with Gasteiger partial charge in [-0.1, -0.05) is 51.5 Å². The summed E-state index contributed by atoms with van der Waals surface area (Å²) in [5.74, 6) is 0. The van der Waals surface area contributed by atoms with Crippen LogP contribution >= 0.6 is 0 Å². The molecule has 5 nitrogen and oxygen atoms in total. The Morgan fingerprint density at radius 3 is 2.17 bits per heavy atom. The third-order valence-corrected chi connectivity index (χ3v) is 3.09. The molecule has 0 bridgehead atoms. The molecule has 0 aliphatic heterocycles. The minimum absolute atomic E-state index is 0.181. The summed E-state index contributed by atoms with van der Waals surface area (Å²) >= 11 is 0. The van der Waals surface area contributed by atoms with Gasteiger partial charge in [0.15, 0.2) is 0 Å². The summed E-state index contributed by atoms with van der Waals surface area (Å²) in [6, 6.07) is 8.91. The molecular weight excluding hydrogens is 306 g/mol. The van der Waals surface area contributed by atoms with Crippen molar-refractivity contribution in [1.82, 2.24) is 5.32 Å². The first-order chi connectivity index (χ1) is 11.5. The lowest BCUT2D eigenvalue weighted by Gasteiger charge is -2.02. The molecule has 24 heavy (non-hydrogen) atoms. The third kappa shape index (κ3) is 16.8. The van der Waals surface area contributed by atoms with Crippen molar-refractivity contribution in [1.29, 1.82) is 0 Å². The zero-order valence-corrected chi connectivity index (χ0v) is 15.8. The number of carboxylic acid groups (broad SMARTS) is 1. The molecule has 1 aromatic rings. The smallest absolute Gasteiger partial charge is 0.404 e. The standard InChI is InChI=1S/C11H16.C4H7NO2.C2H6O2.C2H6/c1-3-4-8-11-9-6-5-7-10(11)2;6-4(7)5-3-1-2-3;1-4-2-3;1-2/h5-7,9H,3-4,8H2,1-2H3;3,5H,1-2H2,(H,6,7);3H,2H2,1H3;1-2H3. The molecule has 0 heterocycles. The van der Waals surface area contributed by atoms with Crippen LogP contribution in [0.5, 0.6) is 0 Å². The third-order valence-electron chi connectivity index (χ3n) is 3.09. The molecule has 5 heteroatoms. The number of rotatable bonds is 5. The summed E-state index contributed by atoms with van der Waals surface area (Å²) in [7, 11) is 1.43. The first-order valence-electron chi connectivity index (χ1n) is 8.68. The number of hydrogen-bond donors (Lipinski definition) is 3. The number of nitrogens with one attached hydrogen (secondary N) is 1. The van der Waals surface area contributed by atoms with E-state index in [9.17, 15) is 4.79 Å². The Labute approximate surface area is 147 Å². The monoisotopic (exact) mass is 341 g/mol. The molecule has 1 aromatic carbocycles. The molecule has 1 amide bonds. The minimum atomic E-state index is -0.900. The van der Waals surface area contributed by atoms with Crippen molar-refractivity contribution >= 4 is 6.09 Å². The van der Waals surface area contributed by atoms with Gasteiger partial charge in [0.1, 0.15) is 6.79 Å². The van der Waals surface area contributed by atoms with E-state index in [0.29, 0.717) is 0 Å². The van der Waals surface area contributed by atoms with Gasteiger partial charge in [0, 0.05) is 13.2 Å². The minimum Gasteiger partial charge on any atom is -0.465 e. The fraction of sp³-hybridized carbons (Fsp3) is 0.632. The summed E-state index contributed by atoms with van der Waals surface area (Å²) in [6.45, 7) is 8.24. The molecule has 140 valence electrons. The lowest BCUT2D eigenvalue weighted by Crippen LogP contribution is -2.22. The zero-order chi connectivity index (χ0) is 18.8. The molecule has 0 atom stereocenters. The average molecular weight is 341 g/mol. The topological polar surface area (TPSA) is 78.8 Å². The first kappa shape index (κ1) is 24.7. The van der Waals surface area contributed by atoms with Crippen molar-refractivity contribution in [2.45, 2.75) is 65.8 Å². The number of aliphatic hydroxyl groups excluding tert-OH is 1. The van der Waals surface area contributed by atoms with Gasteiger partial charge < -0.3 is 20.3 Å². The Balaban J connectivity index is 0. The average Bonchev–Trinajstić information content (AvgIpc) is 3.40. The summed E-state index contributed by atoms with van der Waals surface area (Å²) in [4.78, 5) is 9.74. The van der Waals surface area contributed by atoms with Crippen LogP contribution in [-0.4, -0.2) is 36.3 Å². The maximum absolute atomic E-state index is 9.74. The van der Waals surface area contributed by atoms with Gasteiger partial charge in [0.25, 0.3) is 0 Å². The van der Waals surface area contributed by atoms with E-state index in [1.165, 1.54) is 37.5 Å². The van der Waals surface area contributed by atoms with Crippen LogP contribution in [0, 0.1) is 6.92 Å². The van der Waals surface area contributed by atoms with Gasteiger partial charge in [-0.05, 0) is 43.7 Å². The Bertz CT molecular complexity index is 404. The second-order valence-electron chi connectivity index (χ2n) is 5.17. The predicted molar refractivity (Wildman–Crippen MR) is 99.4 cm³/mol. The van der Waals surface area contributed by atoms with Crippen LogP contribution in [0.1, 0.15) is 57.6 Å². The summed E-state index contributed by atoms with van der Waals surface area (Å²) in [6.07, 6.45) is 4.98. The second kappa shape index (κ2) is 17.8. The summed E-state index contributed by atoms with van der Waals surface area (Å²) in [5.41, 5.74) is 2.94. The Hall–Kier alpha value is -1.59. The van der Waals surface area contributed by atoms with Crippen molar-refractivity contribution < 1.29 is 19.7 Å². The van der Waals surface area contributed by atoms with E-state index in [1.807, 2.05) is 13.8 Å². The molecule has 0 unspecified atom stereocenters. The van der Waals surface area contributed by atoms with E-state index >= 15 is 0 Å². The van der Waals surface area contributed by atoms with E-state index in [2.05, 4.69) is 48.2 Å². The quantitative estimate of drug-likeness (QED) is 0.695. The largest absolute Gasteiger partial charge is 0.465 e. The van der Waals surface area contributed by atoms with Crippen LogP contribution in [0.3, 0.4) is 0 Å². The number of aliphatic hydroxyl groups is 1. The van der Waals surface area contributed by atoms with Gasteiger partial charge in [-0.25, -0.2) is 4.79 Å². The maximum atomic E-state index is 9.74. The van der Waals surface area contributed by atoms with Gasteiger partial charge in [0.05, 0.1) is 0 Å². The number of hydrogen-bond acceptors (Lipinski definition) is 3. The fourth-order valence-electron chi connectivity index (χ4n) is 1.66. The van der Waals surface area contributed by atoms with Gasteiger partial charge in [-0.2, -0.15) is 0 Å². The van der Waals surface area contributed by atoms with Crippen LogP contribution in [0.4, 0.5) is 4.79 Å². The van der Waals surface area contributed by atoms with E-state index in [0.717, 1.165) is 12.8 Å². The van der Waals surface area contributed by atoms with Gasteiger partial charge in [0.2, 0.25) is 0 Å². The molecule has 1 saturated carbocycles. The molecule has 0 aromatic heterocycles. The molecule has 2 rings (SSSR count). The lowest BCUT2D eigenvalue weighted by atomic mass is 10.0. The Morgan fingerprint density at radius 2 is 1.83 bits per heavy atom. The fourth-order valence-corrected chi connectivity index (χ4v) is 1.66. The number of unbranched alkanes of at least 4 members (excludes halogenated alkanes) is 1. The normalized spacial score (nSPS) is 11.6. The predicted octanol–water partition coefficient (Wildman–Crippen LogP) is 4.36. The van der Waals surface area contributed by atoms with Crippen LogP contribution in [0.25, 0.3) is 0 Å². The molecule has 1 aliphatic carbocycles. The highest BCUT2D eigenvalue weighted by Crippen LogP contribution is 2.17. The number of ether oxygens (including phenoxy) is 1. The van der Waals surface area contributed by atoms with Gasteiger partial charge in [-0.3, -0.25) is 0 Å².